The van der Waals surface area contributed by atoms with E-state index in [2.05, 4.69) is 14.7 Å². The Bertz CT molecular complexity index is 214. The van der Waals surface area contributed by atoms with Crippen LogP contribution in [-0.2, 0) is 4.74 Å². The van der Waals surface area contributed by atoms with Crippen LogP contribution >= 0.6 is 23.1 Å². The van der Waals surface area contributed by atoms with Crippen LogP contribution in [0.15, 0.2) is 6.33 Å². The fourth-order valence-electron chi connectivity index (χ4n) is 0.941. The molecule has 0 aliphatic carbocycles. The lowest BCUT2D eigenvalue weighted by Crippen LogP contribution is -2.25. The van der Waals surface area contributed by atoms with Crippen molar-refractivity contribution in [3.63, 3.8) is 0 Å². The first-order chi connectivity index (χ1) is 6.36. The highest BCUT2D eigenvalue weighted by atomic mass is 35.5. The van der Waals surface area contributed by atoms with Crippen molar-refractivity contribution >= 4 is 28.3 Å². The molecule has 1 heterocycles. The number of alkyl halides is 1. The van der Waals surface area contributed by atoms with Crippen molar-refractivity contribution in [1.82, 2.24) is 9.36 Å². The van der Waals surface area contributed by atoms with Crippen LogP contribution in [0.1, 0.15) is 6.42 Å². The molecule has 0 aliphatic heterocycles. The van der Waals surface area contributed by atoms with E-state index in [4.69, 9.17) is 16.3 Å². The summed E-state index contributed by atoms with van der Waals surface area (Å²) in [5, 5.41) is 4.01. The fourth-order valence-corrected chi connectivity index (χ4v) is 1.71. The Balaban J connectivity index is 2.37. The Kier molecular flexibility index (Phi) is 5.03. The van der Waals surface area contributed by atoms with E-state index in [0.29, 0.717) is 12.5 Å². The van der Waals surface area contributed by atoms with E-state index < -0.39 is 0 Å². The van der Waals surface area contributed by atoms with Gasteiger partial charge in [-0.05, 0) is 6.42 Å². The van der Waals surface area contributed by atoms with E-state index in [9.17, 15) is 0 Å². The van der Waals surface area contributed by atoms with Gasteiger partial charge in [-0.2, -0.15) is 4.37 Å². The third-order valence-electron chi connectivity index (χ3n) is 1.51. The molecule has 1 aromatic heterocycles. The molecule has 13 heavy (non-hydrogen) atoms. The van der Waals surface area contributed by atoms with Gasteiger partial charge in [0.05, 0.1) is 12.6 Å². The zero-order valence-electron chi connectivity index (χ0n) is 7.36. The molecular formula is C7H12ClN3OS. The lowest BCUT2D eigenvalue weighted by molar-refractivity contribution is 0.184. The molecule has 6 heteroatoms. The van der Waals surface area contributed by atoms with Gasteiger partial charge in [0.2, 0.25) is 5.13 Å². The van der Waals surface area contributed by atoms with Crippen molar-refractivity contribution in [2.24, 2.45) is 0 Å². The summed E-state index contributed by atoms with van der Waals surface area (Å²) in [6.07, 6.45) is 2.38. The lowest BCUT2D eigenvalue weighted by Gasteiger charge is -2.14. The standard InChI is InChI=1S/C7H12ClN3OS/c1-12-4-6(2-3-8)11-7-9-5-10-13-7/h5-6H,2-4H2,1H3,(H,9,10,11). The quantitative estimate of drug-likeness (QED) is 0.742. The molecule has 0 aliphatic rings. The second-order valence-corrected chi connectivity index (χ2v) is 3.68. The zero-order valence-corrected chi connectivity index (χ0v) is 8.94. The lowest BCUT2D eigenvalue weighted by atomic mass is 10.2. The van der Waals surface area contributed by atoms with E-state index >= 15 is 0 Å². The number of nitrogens with zero attached hydrogens (tertiary/aromatic N) is 2. The molecule has 4 nitrogen and oxygen atoms in total. The molecule has 74 valence electrons. The van der Waals surface area contributed by atoms with Gasteiger partial charge in [0.25, 0.3) is 0 Å². The van der Waals surface area contributed by atoms with E-state index in [0.717, 1.165) is 11.6 Å². The van der Waals surface area contributed by atoms with Gasteiger partial charge >= 0.3 is 0 Å². The van der Waals surface area contributed by atoms with Gasteiger partial charge in [0.1, 0.15) is 6.33 Å². The zero-order chi connectivity index (χ0) is 9.52. The number of nitrogens with one attached hydrogen (secondary N) is 1. The number of hydrogen-bond donors (Lipinski definition) is 1. The third-order valence-corrected chi connectivity index (χ3v) is 2.33. The van der Waals surface area contributed by atoms with Crippen LogP contribution in [0.3, 0.4) is 0 Å². The summed E-state index contributed by atoms with van der Waals surface area (Å²) in [5.41, 5.74) is 0. The van der Waals surface area contributed by atoms with Gasteiger partial charge in [-0.1, -0.05) is 0 Å². The molecule has 0 radical (unpaired) electrons. The number of anilines is 1. The van der Waals surface area contributed by atoms with Crippen LogP contribution in [0, 0.1) is 0 Å². The number of ether oxygens (including phenoxy) is 1. The maximum Gasteiger partial charge on any atom is 0.202 e. The highest BCUT2D eigenvalue weighted by molar-refractivity contribution is 7.09. The highest BCUT2D eigenvalue weighted by Crippen LogP contribution is 2.10. The molecular weight excluding hydrogens is 210 g/mol. The number of hydrogen-bond acceptors (Lipinski definition) is 5. The van der Waals surface area contributed by atoms with Crippen LogP contribution in [-0.4, -0.2) is 35.0 Å². The first-order valence-corrected chi connectivity index (χ1v) is 5.25. The monoisotopic (exact) mass is 221 g/mol. The summed E-state index contributed by atoms with van der Waals surface area (Å²) < 4.78 is 8.93. The van der Waals surface area contributed by atoms with E-state index in [-0.39, 0.29) is 6.04 Å². The summed E-state index contributed by atoms with van der Waals surface area (Å²) in [6, 6.07) is 0.218. The van der Waals surface area contributed by atoms with Gasteiger partial charge in [-0.3, -0.25) is 0 Å². The molecule has 1 N–H and O–H groups in total. The van der Waals surface area contributed by atoms with Crippen molar-refractivity contribution < 1.29 is 4.74 Å². The second-order valence-electron chi connectivity index (χ2n) is 2.52. The summed E-state index contributed by atoms with van der Waals surface area (Å²) in [4.78, 5) is 4.02. The Morgan fingerprint density at radius 2 is 2.62 bits per heavy atom. The van der Waals surface area contributed by atoms with Crippen LogP contribution in [0.4, 0.5) is 5.13 Å². The molecule has 1 rings (SSSR count). The Morgan fingerprint density at radius 1 is 1.77 bits per heavy atom. The molecule has 0 fully saturated rings. The van der Waals surface area contributed by atoms with Crippen molar-refractivity contribution in [3.05, 3.63) is 6.33 Å². The molecule has 0 amide bonds. The molecule has 0 saturated carbocycles. The van der Waals surface area contributed by atoms with Crippen LogP contribution < -0.4 is 5.32 Å². The average Bonchev–Trinajstić information content (AvgIpc) is 2.58. The molecule has 0 spiro atoms. The number of halogens is 1. The van der Waals surface area contributed by atoms with Crippen LogP contribution in [0.25, 0.3) is 0 Å². The van der Waals surface area contributed by atoms with Crippen molar-refractivity contribution in [1.29, 1.82) is 0 Å². The van der Waals surface area contributed by atoms with Crippen LogP contribution in [0.2, 0.25) is 0 Å². The normalized spacial score (nSPS) is 12.8. The molecule has 1 atom stereocenters. The number of rotatable bonds is 6. The predicted octanol–water partition coefficient (Wildman–Crippen LogP) is 1.59. The first-order valence-electron chi connectivity index (χ1n) is 3.95. The molecule has 0 bridgehead atoms. The Labute approximate surface area is 86.4 Å². The topological polar surface area (TPSA) is 47.0 Å². The largest absolute Gasteiger partial charge is 0.383 e. The smallest absolute Gasteiger partial charge is 0.202 e. The molecule has 0 saturated heterocycles. The van der Waals surface area contributed by atoms with Gasteiger partial charge in [-0.25, -0.2) is 4.98 Å². The van der Waals surface area contributed by atoms with Crippen molar-refractivity contribution in [2.75, 3.05) is 24.9 Å². The molecule has 1 aromatic rings. The van der Waals surface area contributed by atoms with E-state index in [1.807, 2.05) is 0 Å². The summed E-state index contributed by atoms with van der Waals surface area (Å²) >= 11 is 6.98. The summed E-state index contributed by atoms with van der Waals surface area (Å²) in [7, 11) is 1.67. The minimum atomic E-state index is 0.218. The molecule has 0 aromatic carbocycles. The predicted molar refractivity (Wildman–Crippen MR) is 54.5 cm³/mol. The number of aromatic nitrogens is 2. The maximum atomic E-state index is 5.64. The van der Waals surface area contributed by atoms with E-state index in [1.54, 1.807) is 7.11 Å². The van der Waals surface area contributed by atoms with Gasteiger partial charge in [0, 0.05) is 24.5 Å². The Morgan fingerprint density at radius 3 is 3.15 bits per heavy atom. The molecule has 1 unspecified atom stereocenters. The fraction of sp³-hybridized carbons (Fsp3) is 0.714. The highest BCUT2D eigenvalue weighted by Gasteiger charge is 2.08. The first kappa shape index (κ1) is 10.7. The number of methoxy groups -OCH3 is 1. The minimum absolute atomic E-state index is 0.218. The van der Waals surface area contributed by atoms with Crippen molar-refractivity contribution in [2.45, 2.75) is 12.5 Å². The SMILES string of the molecule is COCC(CCCl)Nc1ncns1. The van der Waals surface area contributed by atoms with E-state index in [1.165, 1.54) is 17.9 Å². The van der Waals surface area contributed by atoms with Gasteiger partial charge in [-0.15, -0.1) is 11.6 Å². The second kappa shape index (κ2) is 6.12. The van der Waals surface area contributed by atoms with Crippen molar-refractivity contribution in [3.8, 4) is 0 Å². The van der Waals surface area contributed by atoms with Gasteiger partial charge in [0.15, 0.2) is 0 Å². The maximum absolute atomic E-state index is 5.64. The average molecular weight is 222 g/mol. The Hall–Kier alpha value is -0.390. The minimum Gasteiger partial charge on any atom is -0.383 e. The van der Waals surface area contributed by atoms with Gasteiger partial charge < -0.3 is 10.1 Å². The third kappa shape index (κ3) is 3.89. The summed E-state index contributed by atoms with van der Waals surface area (Å²) in [6.45, 7) is 0.631. The summed E-state index contributed by atoms with van der Waals surface area (Å²) in [5.74, 6) is 0.611. The van der Waals surface area contributed by atoms with Crippen LogP contribution in [0.5, 0.6) is 0 Å².